The van der Waals surface area contributed by atoms with E-state index < -0.39 is 0 Å². The highest BCUT2D eigenvalue weighted by Crippen LogP contribution is 2.11. The van der Waals surface area contributed by atoms with Crippen molar-refractivity contribution < 1.29 is 0 Å². The van der Waals surface area contributed by atoms with E-state index in [2.05, 4.69) is 26.1 Å². The van der Waals surface area contributed by atoms with Gasteiger partial charge in [-0.2, -0.15) is 0 Å². The molecular weight excluding hydrogens is 194 g/mol. The van der Waals surface area contributed by atoms with Crippen LogP contribution in [0.15, 0.2) is 0 Å². The van der Waals surface area contributed by atoms with Crippen molar-refractivity contribution in [3.05, 3.63) is 0 Å². The van der Waals surface area contributed by atoms with Crippen LogP contribution < -0.4 is 5.32 Å². The average molecular weight is 227 g/mol. The highest BCUT2D eigenvalue weighted by atomic mass is 14.9. The van der Waals surface area contributed by atoms with Gasteiger partial charge in [-0.1, -0.05) is 65.7 Å². The van der Waals surface area contributed by atoms with Crippen molar-refractivity contribution in [3.8, 4) is 0 Å². The van der Waals surface area contributed by atoms with E-state index in [1.165, 1.54) is 70.8 Å². The van der Waals surface area contributed by atoms with Crippen LogP contribution in [-0.2, 0) is 0 Å². The van der Waals surface area contributed by atoms with Crippen molar-refractivity contribution in [1.82, 2.24) is 5.32 Å². The first kappa shape index (κ1) is 16.0. The van der Waals surface area contributed by atoms with E-state index >= 15 is 0 Å². The SMILES string of the molecule is CCCCCC(CCCCC)NCCCC. The lowest BCUT2D eigenvalue weighted by atomic mass is 10.0. The first-order valence-electron chi connectivity index (χ1n) is 7.58. The zero-order valence-electron chi connectivity index (χ0n) is 11.9. The molecule has 0 radical (unpaired) electrons. The quantitative estimate of drug-likeness (QED) is 0.467. The lowest BCUT2D eigenvalue weighted by Crippen LogP contribution is -2.29. The summed E-state index contributed by atoms with van der Waals surface area (Å²) in [5, 5.41) is 3.74. The summed E-state index contributed by atoms with van der Waals surface area (Å²) in [5.41, 5.74) is 0. The third-order valence-electron chi connectivity index (χ3n) is 3.28. The van der Waals surface area contributed by atoms with Gasteiger partial charge in [-0.05, 0) is 25.8 Å². The maximum atomic E-state index is 3.74. The Labute approximate surface area is 103 Å². The lowest BCUT2D eigenvalue weighted by molar-refractivity contribution is 0.415. The fourth-order valence-electron chi connectivity index (χ4n) is 2.11. The molecule has 98 valence electrons. The van der Waals surface area contributed by atoms with Crippen LogP contribution in [0.1, 0.15) is 85.0 Å². The first-order chi connectivity index (χ1) is 7.85. The zero-order valence-corrected chi connectivity index (χ0v) is 11.9. The summed E-state index contributed by atoms with van der Waals surface area (Å²) in [6, 6.07) is 0.796. The Kier molecular flexibility index (Phi) is 13.0. The first-order valence-corrected chi connectivity index (χ1v) is 7.58. The molecule has 0 bridgehead atoms. The van der Waals surface area contributed by atoms with Gasteiger partial charge in [0.15, 0.2) is 0 Å². The Hall–Kier alpha value is -0.0400. The number of hydrogen-bond acceptors (Lipinski definition) is 1. The van der Waals surface area contributed by atoms with Crippen molar-refractivity contribution in [2.45, 2.75) is 91.0 Å². The predicted octanol–water partition coefficient (Wildman–Crippen LogP) is 4.91. The molecule has 0 amide bonds. The van der Waals surface area contributed by atoms with Gasteiger partial charge in [0, 0.05) is 6.04 Å². The molecule has 1 heteroatoms. The van der Waals surface area contributed by atoms with Crippen molar-refractivity contribution in [1.29, 1.82) is 0 Å². The lowest BCUT2D eigenvalue weighted by Gasteiger charge is -2.18. The highest BCUT2D eigenvalue weighted by Gasteiger charge is 2.06. The van der Waals surface area contributed by atoms with E-state index in [0.717, 1.165) is 6.04 Å². The molecule has 16 heavy (non-hydrogen) atoms. The molecule has 0 aliphatic heterocycles. The number of rotatable bonds is 12. The van der Waals surface area contributed by atoms with Gasteiger partial charge in [-0.25, -0.2) is 0 Å². The van der Waals surface area contributed by atoms with Gasteiger partial charge < -0.3 is 5.32 Å². The molecule has 0 spiro atoms. The van der Waals surface area contributed by atoms with Gasteiger partial charge in [-0.15, -0.1) is 0 Å². The van der Waals surface area contributed by atoms with Crippen LogP contribution in [0.5, 0.6) is 0 Å². The van der Waals surface area contributed by atoms with Crippen LogP contribution in [0, 0.1) is 0 Å². The molecule has 0 saturated heterocycles. The molecule has 0 fully saturated rings. The largest absolute Gasteiger partial charge is 0.314 e. The summed E-state index contributed by atoms with van der Waals surface area (Å²) in [7, 11) is 0. The van der Waals surface area contributed by atoms with E-state index in [9.17, 15) is 0 Å². The van der Waals surface area contributed by atoms with Crippen molar-refractivity contribution in [2.75, 3.05) is 6.54 Å². The molecule has 0 aliphatic rings. The fourth-order valence-corrected chi connectivity index (χ4v) is 2.11. The number of hydrogen-bond donors (Lipinski definition) is 1. The second-order valence-corrected chi connectivity index (χ2v) is 5.00. The van der Waals surface area contributed by atoms with E-state index in [4.69, 9.17) is 0 Å². The van der Waals surface area contributed by atoms with Crippen molar-refractivity contribution >= 4 is 0 Å². The van der Waals surface area contributed by atoms with Crippen molar-refractivity contribution in [3.63, 3.8) is 0 Å². The Morgan fingerprint density at radius 2 is 1.19 bits per heavy atom. The summed E-state index contributed by atoms with van der Waals surface area (Å²) in [6.45, 7) is 8.07. The predicted molar refractivity (Wildman–Crippen MR) is 75.0 cm³/mol. The maximum absolute atomic E-state index is 3.74. The fraction of sp³-hybridized carbons (Fsp3) is 1.00. The van der Waals surface area contributed by atoms with Crippen LogP contribution in [-0.4, -0.2) is 12.6 Å². The van der Waals surface area contributed by atoms with Crippen LogP contribution >= 0.6 is 0 Å². The molecule has 0 heterocycles. The molecule has 0 unspecified atom stereocenters. The second kappa shape index (κ2) is 13.0. The van der Waals surface area contributed by atoms with Gasteiger partial charge in [0.1, 0.15) is 0 Å². The molecule has 0 aromatic heterocycles. The van der Waals surface area contributed by atoms with Gasteiger partial charge in [0.05, 0.1) is 0 Å². The normalized spacial score (nSPS) is 11.2. The van der Waals surface area contributed by atoms with E-state index in [0.29, 0.717) is 0 Å². The Morgan fingerprint density at radius 3 is 1.62 bits per heavy atom. The van der Waals surface area contributed by atoms with Crippen LogP contribution in [0.2, 0.25) is 0 Å². The summed E-state index contributed by atoms with van der Waals surface area (Å²) in [5.74, 6) is 0. The number of unbranched alkanes of at least 4 members (excludes halogenated alkanes) is 5. The van der Waals surface area contributed by atoms with Gasteiger partial charge in [0.25, 0.3) is 0 Å². The molecular formula is C15H33N. The summed E-state index contributed by atoms with van der Waals surface area (Å²) in [4.78, 5) is 0. The second-order valence-electron chi connectivity index (χ2n) is 5.00. The van der Waals surface area contributed by atoms with Crippen molar-refractivity contribution in [2.24, 2.45) is 0 Å². The third kappa shape index (κ3) is 10.5. The highest BCUT2D eigenvalue weighted by molar-refractivity contribution is 4.67. The van der Waals surface area contributed by atoms with E-state index in [1.54, 1.807) is 0 Å². The molecule has 0 aliphatic carbocycles. The molecule has 1 nitrogen and oxygen atoms in total. The standard InChI is InChI=1S/C15H33N/c1-4-7-10-12-15(13-11-8-5-2)16-14-9-6-3/h15-16H,4-14H2,1-3H3. The smallest absolute Gasteiger partial charge is 0.00670 e. The van der Waals surface area contributed by atoms with Crippen LogP contribution in [0.4, 0.5) is 0 Å². The Bertz CT molecular complexity index is 98.8. The average Bonchev–Trinajstić information content (AvgIpc) is 2.29. The maximum Gasteiger partial charge on any atom is 0.00670 e. The topological polar surface area (TPSA) is 12.0 Å². The molecule has 0 atom stereocenters. The van der Waals surface area contributed by atoms with Gasteiger partial charge >= 0.3 is 0 Å². The zero-order chi connectivity index (χ0) is 12.1. The van der Waals surface area contributed by atoms with Crippen LogP contribution in [0.25, 0.3) is 0 Å². The van der Waals surface area contributed by atoms with Crippen LogP contribution in [0.3, 0.4) is 0 Å². The summed E-state index contributed by atoms with van der Waals surface area (Å²) >= 11 is 0. The monoisotopic (exact) mass is 227 g/mol. The third-order valence-corrected chi connectivity index (χ3v) is 3.28. The molecule has 0 saturated carbocycles. The summed E-state index contributed by atoms with van der Waals surface area (Å²) in [6.07, 6.45) is 13.7. The van der Waals surface area contributed by atoms with Gasteiger partial charge in [-0.3, -0.25) is 0 Å². The van der Waals surface area contributed by atoms with Gasteiger partial charge in [0.2, 0.25) is 0 Å². The van der Waals surface area contributed by atoms with E-state index in [-0.39, 0.29) is 0 Å². The van der Waals surface area contributed by atoms with E-state index in [1.807, 2.05) is 0 Å². The molecule has 0 aromatic carbocycles. The minimum atomic E-state index is 0.796. The molecule has 0 rings (SSSR count). The minimum Gasteiger partial charge on any atom is -0.314 e. The minimum absolute atomic E-state index is 0.796. The summed E-state index contributed by atoms with van der Waals surface area (Å²) < 4.78 is 0. The Morgan fingerprint density at radius 1 is 0.688 bits per heavy atom. The molecule has 1 N–H and O–H groups in total. The Balaban J connectivity index is 3.58. The molecule has 0 aromatic rings. The number of nitrogens with one attached hydrogen (secondary N) is 1.